The first-order valence-corrected chi connectivity index (χ1v) is 7.91. The standard InChI is InChI=1S/C18H27NO2/c1-6-8-15(17(20)21)19-16-12(2)9-7-10-14(16)13(3)11-18(19,4)5/h7,9-10,13,15H,6,8,11H2,1-5H3,(H,20,21)/t13-,15+/m0/s1. The highest BCUT2D eigenvalue weighted by Gasteiger charge is 2.42. The van der Waals surface area contributed by atoms with E-state index in [0.29, 0.717) is 12.3 Å². The lowest BCUT2D eigenvalue weighted by Gasteiger charge is -2.50. The van der Waals surface area contributed by atoms with E-state index >= 15 is 0 Å². The lowest BCUT2D eigenvalue weighted by molar-refractivity contribution is -0.139. The second-order valence-electron chi connectivity index (χ2n) is 6.94. The molecule has 0 spiro atoms. The van der Waals surface area contributed by atoms with Crippen molar-refractivity contribution in [1.82, 2.24) is 0 Å². The SMILES string of the molecule is CCC[C@H](C(=O)O)N1c2c(C)cccc2[C@@H](C)CC1(C)C. The van der Waals surface area contributed by atoms with Gasteiger partial charge in [0.1, 0.15) is 6.04 Å². The van der Waals surface area contributed by atoms with Crippen LogP contribution in [0.25, 0.3) is 0 Å². The minimum Gasteiger partial charge on any atom is -0.480 e. The smallest absolute Gasteiger partial charge is 0.326 e. The van der Waals surface area contributed by atoms with Gasteiger partial charge in [0.25, 0.3) is 0 Å². The number of carbonyl (C=O) groups is 1. The molecule has 0 aliphatic carbocycles. The molecule has 1 aliphatic heterocycles. The van der Waals surface area contributed by atoms with E-state index in [1.54, 1.807) is 0 Å². The van der Waals surface area contributed by atoms with Crippen molar-refractivity contribution in [2.45, 2.75) is 71.4 Å². The van der Waals surface area contributed by atoms with Crippen LogP contribution in [0, 0.1) is 6.92 Å². The zero-order valence-electron chi connectivity index (χ0n) is 13.8. The predicted octanol–water partition coefficient (Wildman–Crippen LogP) is 4.34. The Morgan fingerprint density at radius 2 is 2.14 bits per heavy atom. The minimum atomic E-state index is -0.714. The second kappa shape index (κ2) is 5.70. The van der Waals surface area contributed by atoms with E-state index in [1.807, 2.05) is 6.92 Å². The third kappa shape index (κ3) is 2.78. The molecule has 116 valence electrons. The molecule has 0 bridgehead atoms. The first kappa shape index (κ1) is 15.9. The monoisotopic (exact) mass is 289 g/mol. The maximum absolute atomic E-state index is 11.8. The van der Waals surface area contributed by atoms with E-state index in [0.717, 1.165) is 18.5 Å². The molecular formula is C18H27NO2. The number of para-hydroxylation sites is 1. The molecule has 3 nitrogen and oxygen atoms in total. The number of anilines is 1. The van der Waals surface area contributed by atoms with E-state index in [4.69, 9.17) is 0 Å². The van der Waals surface area contributed by atoms with Crippen molar-refractivity contribution in [3.05, 3.63) is 29.3 Å². The predicted molar refractivity (Wildman–Crippen MR) is 87.1 cm³/mol. The lowest BCUT2D eigenvalue weighted by atomic mass is 9.78. The van der Waals surface area contributed by atoms with Crippen molar-refractivity contribution >= 4 is 11.7 Å². The Labute approximate surface area is 128 Å². The van der Waals surface area contributed by atoms with Gasteiger partial charge in [0, 0.05) is 11.2 Å². The third-order valence-corrected chi connectivity index (χ3v) is 4.66. The van der Waals surface area contributed by atoms with E-state index in [2.05, 4.69) is 50.8 Å². The molecule has 21 heavy (non-hydrogen) atoms. The number of hydrogen-bond donors (Lipinski definition) is 1. The Morgan fingerprint density at radius 1 is 1.48 bits per heavy atom. The molecule has 0 saturated carbocycles. The molecule has 1 aromatic carbocycles. The maximum atomic E-state index is 11.8. The van der Waals surface area contributed by atoms with E-state index in [1.165, 1.54) is 11.1 Å². The van der Waals surface area contributed by atoms with Crippen LogP contribution in [0.3, 0.4) is 0 Å². The molecular weight excluding hydrogens is 262 g/mol. The molecule has 0 radical (unpaired) electrons. The summed E-state index contributed by atoms with van der Waals surface area (Å²) in [6.45, 7) is 10.7. The van der Waals surface area contributed by atoms with Gasteiger partial charge >= 0.3 is 5.97 Å². The quantitative estimate of drug-likeness (QED) is 0.896. The van der Waals surface area contributed by atoms with Crippen LogP contribution in [0.1, 0.15) is 64.0 Å². The fraction of sp³-hybridized carbons (Fsp3) is 0.611. The van der Waals surface area contributed by atoms with Crippen LogP contribution >= 0.6 is 0 Å². The number of fused-ring (bicyclic) bond motifs is 1. The van der Waals surface area contributed by atoms with Crippen LogP contribution in [0.2, 0.25) is 0 Å². The van der Waals surface area contributed by atoms with Gasteiger partial charge in [0.15, 0.2) is 0 Å². The molecule has 2 atom stereocenters. The molecule has 0 fully saturated rings. The summed E-state index contributed by atoms with van der Waals surface area (Å²) in [7, 11) is 0. The zero-order valence-corrected chi connectivity index (χ0v) is 13.8. The topological polar surface area (TPSA) is 40.5 Å². The summed E-state index contributed by atoms with van der Waals surface area (Å²) in [5, 5.41) is 9.73. The number of nitrogens with zero attached hydrogens (tertiary/aromatic N) is 1. The van der Waals surface area contributed by atoms with Gasteiger partial charge in [-0.2, -0.15) is 0 Å². The number of benzene rings is 1. The molecule has 1 aliphatic rings. The van der Waals surface area contributed by atoms with Crippen LogP contribution in [0.15, 0.2) is 18.2 Å². The fourth-order valence-corrected chi connectivity index (χ4v) is 3.88. The first-order chi connectivity index (χ1) is 9.79. The molecule has 3 heteroatoms. The molecule has 1 heterocycles. The summed E-state index contributed by atoms with van der Waals surface area (Å²) in [5.74, 6) is -0.254. The summed E-state index contributed by atoms with van der Waals surface area (Å²) in [6, 6.07) is 5.87. The molecule has 0 aromatic heterocycles. The molecule has 1 aromatic rings. The molecule has 1 N–H and O–H groups in total. The number of rotatable bonds is 4. The average molecular weight is 289 g/mol. The van der Waals surface area contributed by atoms with Crippen molar-refractivity contribution in [2.24, 2.45) is 0 Å². The van der Waals surface area contributed by atoms with Crippen molar-refractivity contribution in [3.63, 3.8) is 0 Å². The highest BCUT2D eigenvalue weighted by atomic mass is 16.4. The average Bonchev–Trinajstić information content (AvgIpc) is 2.37. The largest absolute Gasteiger partial charge is 0.480 e. The van der Waals surface area contributed by atoms with Crippen LogP contribution in [0.5, 0.6) is 0 Å². The van der Waals surface area contributed by atoms with Crippen LogP contribution < -0.4 is 4.90 Å². The Morgan fingerprint density at radius 3 is 2.71 bits per heavy atom. The number of hydrogen-bond acceptors (Lipinski definition) is 2. The third-order valence-electron chi connectivity index (χ3n) is 4.66. The first-order valence-electron chi connectivity index (χ1n) is 7.91. The molecule has 0 unspecified atom stereocenters. The van der Waals surface area contributed by atoms with Crippen LogP contribution in [-0.4, -0.2) is 22.7 Å². The number of aliphatic carboxylic acids is 1. The minimum absolute atomic E-state index is 0.142. The van der Waals surface area contributed by atoms with E-state index in [9.17, 15) is 9.90 Å². The van der Waals surface area contributed by atoms with Crippen molar-refractivity contribution < 1.29 is 9.90 Å². The van der Waals surface area contributed by atoms with Crippen molar-refractivity contribution in [3.8, 4) is 0 Å². The number of aryl methyl sites for hydroxylation is 1. The normalized spacial score (nSPS) is 21.8. The van der Waals surface area contributed by atoms with E-state index in [-0.39, 0.29) is 5.54 Å². The van der Waals surface area contributed by atoms with Gasteiger partial charge in [0.2, 0.25) is 0 Å². The van der Waals surface area contributed by atoms with Gasteiger partial charge in [-0.05, 0) is 50.7 Å². The Balaban J connectivity index is 2.62. The molecule has 2 rings (SSSR count). The zero-order chi connectivity index (χ0) is 15.8. The Hall–Kier alpha value is -1.51. The summed E-state index contributed by atoms with van der Waals surface area (Å²) in [6.07, 6.45) is 2.54. The number of carboxylic acids is 1. The van der Waals surface area contributed by atoms with Crippen LogP contribution in [-0.2, 0) is 4.79 Å². The Bertz CT molecular complexity index is 536. The maximum Gasteiger partial charge on any atom is 0.326 e. The van der Waals surface area contributed by atoms with Crippen molar-refractivity contribution in [2.75, 3.05) is 4.90 Å². The van der Waals surface area contributed by atoms with Gasteiger partial charge in [-0.3, -0.25) is 0 Å². The van der Waals surface area contributed by atoms with Gasteiger partial charge in [-0.1, -0.05) is 38.5 Å². The summed E-state index contributed by atoms with van der Waals surface area (Å²) in [4.78, 5) is 14.0. The second-order valence-corrected chi connectivity index (χ2v) is 6.94. The fourth-order valence-electron chi connectivity index (χ4n) is 3.88. The van der Waals surface area contributed by atoms with E-state index < -0.39 is 12.0 Å². The van der Waals surface area contributed by atoms with Gasteiger partial charge < -0.3 is 10.0 Å². The summed E-state index contributed by atoms with van der Waals surface area (Å²) in [5.41, 5.74) is 3.46. The molecule has 0 amide bonds. The van der Waals surface area contributed by atoms with Gasteiger partial charge in [-0.25, -0.2) is 4.79 Å². The lowest BCUT2D eigenvalue weighted by Crippen LogP contribution is -2.56. The number of carboxylic acid groups (broad SMARTS) is 1. The molecule has 0 saturated heterocycles. The summed E-state index contributed by atoms with van der Waals surface area (Å²) >= 11 is 0. The highest BCUT2D eigenvalue weighted by molar-refractivity contribution is 5.81. The summed E-state index contributed by atoms with van der Waals surface area (Å²) < 4.78 is 0. The van der Waals surface area contributed by atoms with Crippen LogP contribution in [0.4, 0.5) is 5.69 Å². The van der Waals surface area contributed by atoms with Gasteiger partial charge in [0.05, 0.1) is 0 Å². The highest BCUT2D eigenvalue weighted by Crippen LogP contribution is 2.46. The van der Waals surface area contributed by atoms with Gasteiger partial charge in [-0.15, -0.1) is 0 Å². The van der Waals surface area contributed by atoms with Crippen molar-refractivity contribution in [1.29, 1.82) is 0 Å². The Kier molecular flexibility index (Phi) is 4.31.